The summed E-state index contributed by atoms with van der Waals surface area (Å²) in [5.41, 5.74) is 0. The molecule has 13 heavy (non-hydrogen) atoms. The van der Waals surface area contributed by atoms with E-state index in [4.69, 9.17) is 14.9 Å². The molecular formula is C5H8O7P-. The van der Waals surface area contributed by atoms with Gasteiger partial charge in [-0.2, -0.15) is 0 Å². The van der Waals surface area contributed by atoms with E-state index >= 15 is 0 Å². The topological polar surface area (TPSA) is 108 Å². The van der Waals surface area contributed by atoms with Gasteiger partial charge in [-0.15, -0.1) is 0 Å². The highest BCUT2D eigenvalue weighted by Crippen LogP contribution is 2.53. The number of phosphoric ester groups is 1. The van der Waals surface area contributed by atoms with Crippen molar-refractivity contribution in [1.82, 2.24) is 0 Å². The van der Waals surface area contributed by atoms with E-state index in [9.17, 15) is 9.46 Å². The summed E-state index contributed by atoms with van der Waals surface area (Å²) in [5.74, 6) is 0. The minimum absolute atomic E-state index is 0.429. The zero-order chi connectivity index (χ0) is 9.64. The van der Waals surface area contributed by atoms with Gasteiger partial charge in [0.2, 0.25) is 0 Å². The standard InChI is InChI=1S/C5H9O7P/c6-1-2-3-4(5(7)10-2)12-13(8,9)11-3/h2-7H,1H2,(H,8,9)/p-1/t2-,3-,4-,5?/m1/s1. The summed E-state index contributed by atoms with van der Waals surface area (Å²) >= 11 is 0. The molecule has 0 amide bonds. The third kappa shape index (κ3) is 1.53. The normalized spacial score (nSPS) is 55.3. The molecule has 2 heterocycles. The predicted octanol–water partition coefficient (Wildman–Crippen LogP) is -2.05. The van der Waals surface area contributed by atoms with Crippen LogP contribution in [0, 0.1) is 0 Å². The Morgan fingerprint density at radius 2 is 2.00 bits per heavy atom. The van der Waals surface area contributed by atoms with Gasteiger partial charge < -0.3 is 28.9 Å². The predicted molar refractivity (Wildman–Crippen MR) is 35.3 cm³/mol. The zero-order valence-electron chi connectivity index (χ0n) is 6.40. The molecule has 5 atom stereocenters. The van der Waals surface area contributed by atoms with E-state index in [0.29, 0.717) is 0 Å². The number of hydrogen-bond acceptors (Lipinski definition) is 7. The van der Waals surface area contributed by atoms with Crippen LogP contribution in [0.2, 0.25) is 0 Å². The maximum atomic E-state index is 10.8. The van der Waals surface area contributed by atoms with Gasteiger partial charge in [0.1, 0.15) is 18.3 Å². The van der Waals surface area contributed by atoms with Crippen LogP contribution in [0.5, 0.6) is 0 Å². The number of hydrogen-bond donors (Lipinski definition) is 2. The highest BCUT2D eigenvalue weighted by atomic mass is 31.2. The van der Waals surface area contributed by atoms with Crippen LogP contribution < -0.4 is 4.89 Å². The van der Waals surface area contributed by atoms with E-state index in [2.05, 4.69) is 9.05 Å². The molecule has 2 fully saturated rings. The van der Waals surface area contributed by atoms with Gasteiger partial charge in [0.25, 0.3) is 7.82 Å². The first-order valence-corrected chi connectivity index (χ1v) is 5.12. The van der Waals surface area contributed by atoms with E-state index in [1.54, 1.807) is 0 Å². The monoisotopic (exact) mass is 211 g/mol. The van der Waals surface area contributed by atoms with Crippen LogP contribution in [0.1, 0.15) is 0 Å². The van der Waals surface area contributed by atoms with Crippen molar-refractivity contribution in [3.8, 4) is 0 Å². The van der Waals surface area contributed by atoms with Crippen molar-refractivity contribution in [3.63, 3.8) is 0 Å². The van der Waals surface area contributed by atoms with Gasteiger partial charge in [-0.05, 0) is 0 Å². The molecular weight excluding hydrogens is 203 g/mol. The Labute approximate surface area is 73.5 Å². The Morgan fingerprint density at radius 1 is 1.38 bits per heavy atom. The Morgan fingerprint density at radius 3 is 2.62 bits per heavy atom. The second-order valence-corrected chi connectivity index (χ2v) is 4.15. The average molecular weight is 211 g/mol. The van der Waals surface area contributed by atoms with Crippen molar-refractivity contribution in [2.24, 2.45) is 0 Å². The Kier molecular flexibility index (Phi) is 2.20. The van der Waals surface area contributed by atoms with E-state index < -0.39 is 39.0 Å². The molecule has 2 rings (SSSR count). The summed E-state index contributed by atoms with van der Waals surface area (Å²) in [6.07, 6.45) is -4.22. The Bertz CT molecular complexity index is 255. The second-order valence-electron chi connectivity index (χ2n) is 2.83. The molecule has 2 N–H and O–H groups in total. The number of ether oxygens (including phenoxy) is 1. The molecule has 0 aromatic carbocycles. The van der Waals surface area contributed by atoms with Crippen LogP contribution >= 0.6 is 7.82 Å². The van der Waals surface area contributed by atoms with Gasteiger partial charge in [-0.25, -0.2) is 0 Å². The highest BCUT2D eigenvalue weighted by molar-refractivity contribution is 7.46. The minimum Gasteiger partial charge on any atom is -0.756 e. The van der Waals surface area contributed by atoms with Crippen molar-refractivity contribution in [2.75, 3.05) is 6.61 Å². The lowest BCUT2D eigenvalue weighted by Crippen LogP contribution is -2.31. The number of fused-ring (bicyclic) bond motifs is 1. The number of phosphoric acid groups is 1. The van der Waals surface area contributed by atoms with Crippen molar-refractivity contribution in [2.45, 2.75) is 24.6 Å². The molecule has 0 saturated carbocycles. The number of aliphatic hydroxyl groups is 2. The largest absolute Gasteiger partial charge is 0.756 e. The molecule has 2 unspecified atom stereocenters. The van der Waals surface area contributed by atoms with Crippen LogP contribution in [0.15, 0.2) is 0 Å². The maximum absolute atomic E-state index is 10.8. The summed E-state index contributed by atoms with van der Waals surface area (Å²) < 4.78 is 24.4. The van der Waals surface area contributed by atoms with Crippen LogP contribution in [0.25, 0.3) is 0 Å². The Hall–Kier alpha value is -0.0100. The van der Waals surface area contributed by atoms with Gasteiger partial charge in [0.05, 0.1) is 6.61 Å². The molecule has 2 aliphatic heterocycles. The summed E-state index contributed by atoms with van der Waals surface area (Å²) in [6.45, 7) is -0.429. The fraction of sp³-hybridized carbons (Fsp3) is 1.00. The van der Waals surface area contributed by atoms with E-state index in [1.807, 2.05) is 0 Å². The molecule has 0 aliphatic carbocycles. The molecule has 2 aliphatic rings. The SMILES string of the molecule is O=P1([O-])O[C@@H]2[C@@H](CO)OC(O)[C@@H]2O1. The molecule has 0 spiro atoms. The minimum atomic E-state index is -4.31. The van der Waals surface area contributed by atoms with Crippen LogP contribution in [0.3, 0.4) is 0 Å². The quantitative estimate of drug-likeness (QED) is 0.480. The molecule has 0 aromatic heterocycles. The summed E-state index contributed by atoms with van der Waals surface area (Å²) in [4.78, 5) is 10.8. The Balaban J connectivity index is 2.17. The molecule has 76 valence electrons. The smallest absolute Gasteiger partial charge is 0.268 e. The van der Waals surface area contributed by atoms with Crippen molar-refractivity contribution in [1.29, 1.82) is 0 Å². The van der Waals surface area contributed by atoms with Crippen LogP contribution in [-0.2, 0) is 18.3 Å². The lowest BCUT2D eigenvalue weighted by atomic mass is 10.1. The third-order valence-electron chi connectivity index (χ3n) is 1.97. The van der Waals surface area contributed by atoms with Gasteiger partial charge in [-0.1, -0.05) is 0 Å². The summed E-state index contributed by atoms with van der Waals surface area (Å²) in [6, 6.07) is 0. The van der Waals surface area contributed by atoms with Crippen molar-refractivity contribution in [3.05, 3.63) is 0 Å². The zero-order valence-corrected chi connectivity index (χ0v) is 7.29. The fourth-order valence-electron chi connectivity index (χ4n) is 1.42. The lowest BCUT2D eigenvalue weighted by Gasteiger charge is -2.19. The van der Waals surface area contributed by atoms with Crippen molar-refractivity contribution < 1.29 is 33.5 Å². The fourth-order valence-corrected chi connectivity index (χ4v) is 2.54. The molecule has 7 nitrogen and oxygen atoms in total. The van der Waals surface area contributed by atoms with Gasteiger partial charge in [0, 0.05) is 0 Å². The van der Waals surface area contributed by atoms with Gasteiger partial charge >= 0.3 is 0 Å². The molecule has 0 radical (unpaired) electrons. The van der Waals surface area contributed by atoms with E-state index in [1.165, 1.54) is 0 Å². The molecule has 0 bridgehead atoms. The lowest BCUT2D eigenvalue weighted by molar-refractivity contribution is -0.227. The average Bonchev–Trinajstić information content (AvgIpc) is 2.47. The second kappa shape index (κ2) is 2.99. The van der Waals surface area contributed by atoms with Crippen LogP contribution in [0.4, 0.5) is 0 Å². The molecule has 8 heteroatoms. The van der Waals surface area contributed by atoms with E-state index in [0.717, 1.165) is 0 Å². The van der Waals surface area contributed by atoms with Crippen LogP contribution in [-0.4, -0.2) is 41.4 Å². The summed E-state index contributed by atoms with van der Waals surface area (Å²) in [5, 5.41) is 17.9. The number of rotatable bonds is 1. The molecule has 0 aromatic rings. The van der Waals surface area contributed by atoms with Gasteiger partial charge in [0.15, 0.2) is 6.29 Å². The van der Waals surface area contributed by atoms with E-state index in [-0.39, 0.29) is 0 Å². The van der Waals surface area contributed by atoms with Gasteiger partial charge in [-0.3, -0.25) is 4.57 Å². The summed E-state index contributed by atoms with van der Waals surface area (Å²) in [7, 11) is -4.31. The third-order valence-corrected chi connectivity index (χ3v) is 2.97. The first-order chi connectivity index (χ1) is 6.03. The first kappa shape index (κ1) is 9.54. The first-order valence-electron chi connectivity index (χ1n) is 3.66. The highest BCUT2D eigenvalue weighted by Gasteiger charge is 2.53. The maximum Gasteiger partial charge on any atom is 0.268 e. The molecule has 2 saturated heterocycles. The van der Waals surface area contributed by atoms with Crippen molar-refractivity contribution >= 4 is 7.82 Å². The number of aliphatic hydroxyl groups excluding tert-OH is 2.